The van der Waals surface area contributed by atoms with Gasteiger partial charge in [-0.05, 0) is 30.7 Å². The van der Waals surface area contributed by atoms with Crippen LogP contribution in [0.25, 0.3) is 0 Å². The van der Waals surface area contributed by atoms with Gasteiger partial charge in [0.2, 0.25) is 0 Å². The van der Waals surface area contributed by atoms with Crippen molar-refractivity contribution in [2.24, 2.45) is 11.7 Å². The van der Waals surface area contributed by atoms with E-state index in [4.69, 9.17) is 5.73 Å². The van der Waals surface area contributed by atoms with E-state index >= 15 is 0 Å². The molecule has 0 unspecified atom stereocenters. The minimum atomic E-state index is 0.396. The summed E-state index contributed by atoms with van der Waals surface area (Å²) in [6, 6.07) is 10.9. The third-order valence-corrected chi connectivity index (χ3v) is 2.54. The van der Waals surface area contributed by atoms with E-state index in [1.807, 2.05) is 6.07 Å². The van der Waals surface area contributed by atoms with Crippen LogP contribution in [0.4, 0.5) is 0 Å². The molecule has 2 rings (SSSR count). The van der Waals surface area contributed by atoms with Crippen LogP contribution in [0, 0.1) is 5.92 Å². The average molecular weight is 161 g/mol. The number of rotatable bonds is 3. The fourth-order valence-corrected chi connectivity index (χ4v) is 1.58. The zero-order valence-corrected chi connectivity index (χ0v) is 7.24. The number of hydrogen-bond donors (Lipinski definition) is 1. The second kappa shape index (κ2) is 3.28. The van der Waals surface area contributed by atoms with E-state index in [1.165, 1.54) is 18.4 Å². The number of benzene rings is 1. The first kappa shape index (κ1) is 7.81. The van der Waals surface area contributed by atoms with E-state index < -0.39 is 0 Å². The minimum absolute atomic E-state index is 0.396. The molecular weight excluding hydrogens is 146 g/mol. The van der Waals surface area contributed by atoms with Gasteiger partial charge in [0.1, 0.15) is 0 Å². The fourth-order valence-electron chi connectivity index (χ4n) is 1.58. The summed E-state index contributed by atoms with van der Waals surface area (Å²) in [5.41, 5.74) is 7.38. The smallest absolute Gasteiger partial charge is 0.0108 e. The van der Waals surface area contributed by atoms with Crippen molar-refractivity contribution in [2.45, 2.75) is 25.3 Å². The molecule has 64 valence electrons. The maximum absolute atomic E-state index is 6.01. The van der Waals surface area contributed by atoms with Gasteiger partial charge in [-0.2, -0.15) is 0 Å². The lowest BCUT2D eigenvalue weighted by molar-refractivity contribution is 0.592. The average Bonchev–Trinajstić information content (AvgIpc) is 2.88. The van der Waals surface area contributed by atoms with Gasteiger partial charge < -0.3 is 5.73 Å². The second-order valence-corrected chi connectivity index (χ2v) is 3.69. The Bertz CT molecular complexity index is 238. The van der Waals surface area contributed by atoms with E-state index in [0.29, 0.717) is 6.04 Å². The Labute approximate surface area is 73.6 Å². The molecule has 0 aromatic heterocycles. The first-order valence-electron chi connectivity index (χ1n) is 4.66. The first-order chi connectivity index (χ1) is 5.86. The van der Waals surface area contributed by atoms with Gasteiger partial charge in [-0.1, -0.05) is 30.3 Å². The molecule has 0 saturated heterocycles. The Morgan fingerprint density at radius 3 is 2.50 bits per heavy atom. The molecule has 0 spiro atoms. The molecule has 0 bridgehead atoms. The first-order valence-corrected chi connectivity index (χ1v) is 4.66. The molecule has 1 fully saturated rings. The SMILES string of the molecule is N[C@H](Cc1ccccc1)C1CC1. The summed E-state index contributed by atoms with van der Waals surface area (Å²) in [7, 11) is 0. The maximum atomic E-state index is 6.01. The molecule has 1 aliphatic carbocycles. The molecule has 1 heteroatoms. The zero-order chi connectivity index (χ0) is 8.39. The van der Waals surface area contributed by atoms with Crippen molar-refractivity contribution < 1.29 is 0 Å². The molecule has 1 atom stereocenters. The summed E-state index contributed by atoms with van der Waals surface area (Å²) in [6.07, 6.45) is 3.73. The predicted octanol–water partition coefficient (Wildman–Crippen LogP) is 1.97. The van der Waals surface area contributed by atoms with E-state index in [0.717, 1.165) is 12.3 Å². The van der Waals surface area contributed by atoms with Crippen molar-refractivity contribution in [1.29, 1.82) is 0 Å². The predicted molar refractivity (Wildman–Crippen MR) is 50.8 cm³/mol. The lowest BCUT2D eigenvalue weighted by Gasteiger charge is -2.09. The van der Waals surface area contributed by atoms with Gasteiger partial charge in [0.05, 0.1) is 0 Å². The number of nitrogens with two attached hydrogens (primary N) is 1. The van der Waals surface area contributed by atoms with E-state index in [1.54, 1.807) is 0 Å². The van der Waals surface area contributed by atoms with Crippen LogP contribution in [0.15, 0.2) is 30.3 Å². The van der Waals surface area contributed by atoms with Gasteiger partial charge in [-0.25, -0.2) is 0 Å². The second-order valence-electron chi connectivity index (χ2n) is 3.69. The van der Waals surface area contributed by atoms with Crippen LogP contribution in [-0.2, 0) is 6.42 Å². The van der Waals surface area contributed by atoms with Gasteiger partial charge in [0.25, 0.3) is 0 Å². The monoisotopic (exact) mass is 161 g/mol. The van der Waals surface area contributed by atoms with Gasteiger partial charge in [0.15, 0.2) is 0 Å². The molecule has 1 nitrogen and oxygen atoms in total. The van der Waals surface area contributed by atoms with Crippen molar-refractivity contribution in [2.75, 3.05) is 0 Å². The molecular formula is C11H15N. The van der Waals surface area contributed by atoms with Crippen molar-refractivity contribution in [3.63, 3.8) is 0 Å². The molecule has 0 aliphatic heterocycles. The lowest BCUT2D eigenvalue weighted by Crippen LogP contribution is -2.24. The van der Waals surface area contributed by atoms with Crippen LogP contribution >= 0.6 is 0 Å². The van der Waals surface area contributed by atoms with E-state index in [9.17, 15) is 0 Å². The van der Waals surface area contributed by atoms with Crippen LogP contribution in [0.3, 0.4) is 0 Å². The summed E-state index contributed by atoms with van der Waals surface area (Å²) >= 11 is 0. The third kappa shape index (κ3) is 1.86. The molecule has 1 aromatic carbocycles. The van der Waals surface area contributed by atoms with Crippen LogP contribution in [0.2, 0.25) is 0 Å². The fraction of sp³-hybridized carbons (Fsp3) is 0.455. The van der Waals surface area contributed by atoms with Crippen molar-refractivity contribution >= 4 is 0 Å². The molecule has 12 heavy (non-hydrogen) atoms. The van der Waals surface area contributed by atoms with Crippen molar-refractivity contribution in [1.82, 2.24) is 0 Å². The Hall–Kier alpha value is -0.820. The Kier molecular flexibility index (Phi) is 2.13. The van der Waals surface area contributed by atoms with Crippen LogP contribution < -0.4 is 5.73 Å². The van der Waals surface area contributed by atoms with Crippen LogP contribution in [0.1, 0.15) is 18.4 Å². The molecule has 1 aliphatic rings. The highest BCUT2D eigenvalue weighted by atomic mass is 14.7. The summed E-state index contributed by atoms with van der Waals surface area (Å²) in [6.45, 7) is 0. The molecule has 1 aromatic rings. The summed E-state index contributed by atoms with van der Waals surface area (Å²) < 4.78 is 0. The summed E-state index contributed by atoms with van der Waals surface area (Å²) in [5.74, 6) is 0.810. The Morgan fingerprint density at radius 2 is 1.92 bits per heavy atom. The largest absolute Gasteiger partial charge is 0.327 e. The van der Waals surface area contributed by atoms with Crippen molar-refractivity contribution in [3.05, 3.63) is 35.9 Å². The highest BCUT2D eigenvalue weighted by Gasteiger charge is 2.28. The molecule has 1 saturated carbocycles. The van der Waals surface area contributed by atoms with Gasteiger partial charge in [-0.3, -0.25) is 0 Å². The topological polar surface area (TPSA) is 26.0 Å². The molecule has 0 heterocycles. The zero-order valence-electron chi connectivity index (χ0n) is 7.24. The number of hydrogen-bond acceptors (Lipinski definition) is 1. The van der Waals surface area contributed by atoms with Crippen molar-refractivity contribution in [3.8, 4) is 0 Å². The molecule has 0 amide bonds. The van der Waals surface area contributed by atoms with Gasteiger partial charge in [0, 0.05) is 6.04 Å². The molecule has 2 N–H and O–H groups in total. The van der Waals surface area contributed by atoms with E-state index in [-0.39, 0.29) is 0 Å². The van der Waals surface area contributed by atoms with Gasteiger partial charge in [-0.15, -0.1) is 0 Å². The normalized spacial score (nSPS) is 19.1. The quantitative estimate of drug-likeness (QED) is 0.720. The lowest BCUT2D eigenvalue weighted by atomic mass is 10.0. The highest BCUT2D eigenvalue weighted by Crippen LogP contribution is 2.32. The summed E-state index contributed by atoms with van der Waals surface area (Å²) in [4.78, 5) is 0. The standard InChI is InChI=1S/C11H15N/c12-11(10-6-7-10)8-9-4-2-1-3-5-9/h1-5,10-11H,6-8,12H2/t11-/m1/s1. The van der Waals surface area contributed by atoms with Gasteiger partial charge >= 0.3 is 0 Å². The Morgan fingerprint density at radius 1 is 1.25 bits per heavy atom. The van der Waals surface area contributed by atoms with Crippen LogP contribution in [0.5, 0.6) is 0 Å². The minimum Gasteiger partial charge on any atom is -0.327 e. The highest BCUT2D eigenvalue weighted by molar-refractivity contribution is 5.16. The van der Waals surface area contributed by atoms with E-state index in [2.05, 4.69) is 24.3 Å². The molecule has 0 radical (unpaired) electrons. The summed E-state index contributed by atoms with van der Waals surface area (Å²) in [5, 5.41) is 0. The van der Waals surface area contributed by atoms with Crippen LogP contribution in [-0.4, -0.2) is 6.04 Å². The Balaban J connectivity index is 1.94. The third-order valence-electron chi connectivity index (χ3n) is 2.54. The maximum Gasteiger partial charge on any atom is 0.0108 e.